The van der Waals surface area contributed by atoms with Crippen LogP contribution in [-0.4, -0.2) is 70.1 Å². The van der Waals surface area contributed by atoms with Crippen molar-refractivity contribution < 1.29 is 19.1 Å². The van der Waals surface area contributed by atoms with E-state index in [4.69, 9.17) is 4.74 Å². The van der Waals surface area contributed by atoms with Crippen molar-refractivity contribution in [3.63, 3.8) is 0 Å². The van der Waals surface area contributed by atoms with E-state index < -0.39 is 0 Å². The van der Waals surface area contributed by atoms with Gasteiger partial charge in [-0.1, -0.05) is 0 Å². The number of benzene rings is 1. The van der Waals surface area contributed by atoms with E-state index in [-0.39, 0.29) is 30.8 Å². The molecule has 0 bridgehead atoms. The Morgan fingerprint density at radius 1 is 1.08 bits per heavy atom. The molecular weight excluding hydrogens is 312 g/mol. The summed E-state index contributed by atoms with van der Waals surface area (Å²) in [6, 6.07) is 6.56. The largest absolute Gasteiger partial charge is 0.383 e. The van der Waals surface area contributed by atoms with Crippen molar-refractivity contribution in [2.45, 2.75) is 0 Å². The van der Waals surface area contributed by atoms with Crippen LogP contribution >= 0.6 is 0 Å². The van der Waals surface area contributed by atoms with Gasteiger partial charge in [0.05, 0.1) is 19.7 Å². The fourth-order valence-electron chi connectivity index (χ4n) is 1.94. The zero-order valence-corrected chi connectivity index (χ0v) is 14.2. The topological polar surface area (TPSA) is 99.8 Å². The number of hydrogen-bond donors (Lipinski definition) is 3. The van der Waals surface area contributed by atoms with Crippen molar-refractivity contribution >= 4 is 23.4 Å². The number of carbonyl (C=O) groups excluding carboxylic acids is 3. The minimum absolute atomic E-state index is 0.0783. The molecule has 0 spiro atoms. The van der Waals surface area contributed by atoms with Gasteiger partial charge in [-0.3, -0.25) is 19.3 Å². The molecule has 0 aromatic heterocycles. The van der Waals surface area contributed by atoms with Crippen LogP contribution in [0.4, 0.5) is 5.69 Å². The van der Waals surface area contributed by atoms with Gasteiger partial charge in [0.15, 0.2) is 0 Å². The first-order valence-corrected chi connectivity index (χ1v) is 7.52. The second kappa shape index (κ2) is 10.3. The summed E-state index contributed by atoms with van der Waals surface area (Å²) in [5, 5.41) is 7.93. The molecule has 0 atom stereocenters. The molecule has 3 amide bonds. The molecule has 0 unspecified atom stereocenters. The number of carbonyl (C=O) groups is 3. The average molecular weight is 336 g/mol. The Labute approximate surface area is 141 Å². The molecule has 24 heavy (non-hydrogen) atoms. The number of hydrogen-bond acceptors (Lipinski definition) is 5. The number of amides is 3. The third-order valence-electron chi connectivity index (χ3n) is 3.11. The molecule has 3 N–H and O–H groups in total. The van der Waals surface area contributed by atoms with Crippen molar-refractivity contribution in [2.75, 3.05) is 52.8 Å². The summed E-state index contributed by atoms with van der Waals surface area (Å²) >= 11 is 0. The molecule has 1 aromatic rings. The maximum Gasteiger partial charge on any atom is 0.251 e. The van der Waals surface area contributed by atoms with Crippen LogP contribution in [0.5, 0.6) is 0 Å². The third kappa shape index (κ3) is 7.21. The van der Waals surface area contributed by atoms with Crippen molar-refractivity contribution in [2.24, 2.45) is 0 Å². The Morgan fingerprint density at radius 3 is 2.29 bits per heavy atom. The molecule has 8 heteroatoms. The van der Waals surface area contributed by atoms with Gasteiger partial charge >= 0.3 is 0 Å². The second-order valence-electron chi connectivity index (χ2n) is 5.22. The molecule has 0 aliphatic carbocycles. The van der Waals surface area contributed by atoms with Crippen molar-refractivity contribution in [3.8, 4) is 0 Å². The highest BCUT2D eigenvalue weighted by Crippen LogP contribution is 2.09. The first-order chi connectivity index (χ1) is 11.5. The molecule has 0 saturated heterocycles. The number of nitrogens with zero attached hydrogens (tertiary/aromatic N) is 1. The predicted octanol–water partition coefficient (Wildman–Crippen LogP) is -0.321. The summed E-state index contributed by atoms with van der Waals surface area (Å²) in [6.07, 6.45) is 0. The fourth-order valence-corrected chi connectivity index (χ4v) is 1.94. The normalized spacial score (nSPS) is 10.3. The highest BCUT2D eigenvalue weighted by Gasteiger charge is 2.11. The lowest BCUT2D eigenvalue weighted by atomic mass is 10.2. The van der Waals surface area contributed by atoms with Gasteiger partial charge in [0, 0.05) is 32.0 Å². The minimum atomic E-state index is -0.241. The quantitative estimate of drug-likeness (QED) is 0.537. The van der Waals surface area contributed by atoms with Crippen molar-refractivity contribution in [1.82, 2.24) is 15.5 Å². The molecule has 0 aliphatic rings. The van der Waals surface area contributed by atoms with E-state index in [1.54, 1.807) is 50.4 Å². The highest BCUT2D eigenvalue weighted by molar-refractivity contribution is 5.96. The van der Waals surface area contributed by atoms with Crippen LogP contribution in [0.3, 0.4) is 0 Å². The molecule has 0 aliphatic heterocycles. The Kier molecular flexibility index (Phi) is 8.45. The van der Waals surface area contributed by atoms with Crippen LogP contribution in [0, 0.1) is 0 Å². The van der Waals surface area contributed by atoms with Gasteiger partial charge in [-0.2, -0.15) is 0 Å². The van der Waals surface area contributed by atoms with E-state index in [1.807, 2.05) is 0 Å². The Hall–Kier alpha value is -2.45. The molecule has 1 rings (SSSR count). The van der Waals surface area contributed by atoms with E-state index in [1.165, 1.54) is 0 Å². The summed E-state index contributed by atoms with van der Waals surface area (Å²) in [6.45, 7) is 1.08. The molecule has 0 radical (unpaired) electrons. The summed E-state index contributed by atoms with van der Waals surface area (Å²) in [7, 11) is 4.80. The van der Waals surface area contributed by atoms with Crippen LogP contribution in [-0.2, 0) is 14.3 Å². The lowest BCUT2D eigenvalue weighted by Gasteiger charge is -2.16. The van der Waals surface area contributed by atoms with E-state index in [0.29, 0.717) is 24.4 Å². The maximum atomic E-state index is 12.0. The standard InChI is InChI=1S/C16H24N4O4/c1-17-16(23)12-4-6-13(7-5-12)19-15(22)11-20(2)10-14(21)18-8-9-24-3/h4-7H,8-11H2,1-3H3,(H,17,23)(H,18,21)(H,19,22). The zero-order chi connectivity index (χ0) is 17.9. The van der Waals surface area contributed by atoms with Gasteiger partial charge in [-0.15, -0.1) is 0 Å². The van der Waals surface area contributed by atoms with Crippen molar-refractivity contribution in [3.05, 3.63) is 29.8 Å². The van der Waals surface area contributed by atoms with E-state index in [2.05, 4.69) is 16.0 Å². The maximum absolute atomic E-state index is 12.0. The van der Waals surface area contributed by atoms with E-state index in [0.717, 1.165) is 0 Å². The Bertz CT molecular complexity index is 560. The molecule has 8 nitrogen and oxygen atoms in total. The highest BCUT2D eigenvalue weighted by atomic mass is 16.5. The number of methoxy groups -OCH3 is 1. The lowest BCUT2D eigenvalue weighted by molar-refractivity contribution is -0.123. The van der Waals surface area contributed by atoms with Gasteiger partial charge in [0.2, 0.25) is 11.8 Å². The summed E-state index contributed by atoms with van der Waals surface area (Å²) in [4.78, 5) is 36.6. The SMILES string of the molecule is CNC(=O)c1ccc(NC(=O)CN(C)CC(=O)NCCOC)cc1. The minimum Gasteiger partial charge on any atom is -0.383 e. The van der Waals surface area contributed by atoms with Crippen LogP contribution in [0.25, 0.3) is 0 Å². The molecule has 0 heterocycles. The summed E-state index contributed by atoms with van der Waals surface area (Å²) in [5.41, 5.74) is 1.10. The summed E-state index contributed by atoms with van der Waals surface area (Å²) < 4.78 is 4.84. The summed E-state index contributed by atoms with van der Waals surface area (Å²) in [5.74, 6) is -0.598. The first kappa shape index (κ1) is 19.6. The molecule has 132 valence electrons. The number of rotatable bonds is 9. The average Bonchev–Trinajstić information content (AvgIpc) is 2.54. The van der Waals surface area contributed by atoms with Gasteiger partial charge in [-0.05, 0) is 31.3 Å². The van der Waals surface area contributed by atoms with Gasteiger partial charge in [0.1, 0.15) is 0 Å². The predicted molar refractivity (Wildman–Crippen MR) is 90.8 cm³/mol. The molecule has 0 saturated carbocycles. The van der Waals surface area contributed by atoms with Crippen LogP contribution in [0.1, 0.15) is 10.4 Å². The zero-order valence-electron chi connectivity index (χ0n) is 14.2. The number of nitrogens with one attached hydrogen (secondary N) is 3. The Morgan fingerprint density at radius 2 is 1.71 bits per heavy atom. The van der Waals surface area contributed by atoms with Gasteiger partial charge in [0.25, 0.3) is 5.91 Å². The van der Waals surface area contributed by atoms with E-state index >= 15 is 0 Å². The lowest BCUT2D eigenvalue weighted by Crippen LogP contribution is -2.39. The van der Waals surface area contributed by atoms with Crippen molar-refractivity contribution in [1.29, 1.82) is 0 Å². The fraction of sp³-hybridized carbons (Fsp3) is 0.438. The third-order valence-corrected chi connectivity index (χ3v) is 3.11. The number of anilines is 1. The number of ether oxygens (including phenoxy) is 1. The first-order valence-electron chi connectivity index (χ1n) is 7.52. The molecule has 0 fully saturated rings. The van der Waals surface area contributed by atoms with Crippen LogP contribution in [0.2, 0.25) is 0 Å². The molecular formula is C16H24N4O4. The molecule has 1 aromatic carbocycles. The van der Waals surface area contributed by atoms with E-state index in [9.17, 15) is 14.4 Å². The van der Waals surface area contributed by atoms with Crippen LogP contribution < -0.4 is 16.0 Å². The van der Waals surface area contributed by atoms with Crippen LogP contribution in [0.15, 0.2) is 24.3 Å². The Balaban J connectivity index is 2.39. The smallest absolute Gasteiger partial charge is 0.251 e. The van der Waals surface area contributed by atoms with Gasteiger partial charge < -0.3 is 20.7 Å². The van der Waals surface area contributed by atoms with Gasteiger partial charge in [-0.25, -0.2) is 0 Å². The second-order valence-corrected chi connectivity index (χ2v) is 5.22. The monoisotopic (exact) mass is 336 g/mol. The number of likely N-dealkylation sites (N-methyl/N-ethyl adjacent to an activating group) is 1.